The van der Waals surface area contributed by atoms with Crippen LogP contribution in [0.2, 0.25) is 0 Å². The van der Waals surface area contributed by atoms with E-state index in [1.807, 2.05) is 18.7 Å². The first kappa shape index (κ1) is 12.5. The SMILES string of the molecule is CCOC(=O)CN[C@@H]1CSc2ccccc2C1. The number of hydrogen-bond donors (Lipinski definition) is 1. The standard InChI is InChI=1S/C13H17NO2S/c1-2-16-13(15)8-14-11-7-10-5-3-4-6-12(10)17-9-11/h3-6,11,14H,2,7-9H2,1H3/t11-/m0/s1. The van der Waals surface area contributed by atoms with E-state index in [1.54, 1.807) is 0 Å². The van der Waals surface area contributed by atoms with Crippen LogP contribution in [0.4, 0.5) is 0 Å². The molecule has 0 saturated carbocycles. The lowest BCUT2D eigenvalue weighted by atomic mass is 10.1. The Morgan fingerprint density at radius 1 is 1.53 bits per heavy atom. The van der Waals surface area contributed by atoms with Crippen molar-refractivity contribution in [1.29, 1.82) is 0 Å². The maximum absolute atomic E-state index is 11.2. The molecule has 0 bridgehead atoms. The van der Waals surface area contributed by atoms with E-state index in [9.17, 15) is 4.79 Å². The highest BCUT2D eigenvalue weighted by Crippen LogP contribution is 2.29. The van der Waals surface area contributed by atoms with E-state index in [2.05, 4.69) is 29.6 Å². The van der Waals surface area contributed by atoms with Crippen molar-refractivity contribution in [3.63, 3.8) is 0 Å². The predicted octanol–water partition coefficient (Wildman–Crippen LogP) is 1.86. The summed E-state index contributed by atoms with van der Waals surface area (Å²) >= 11 is 1.85. The summed E-state index contributed by atoms with van der Waals surface area (Å²) in [5.41, 5.74) is 1.37. The molecule has 0 unspecified atom stereocenters. The van der Waals surface area contributed by atoms with Crippen LogP contribution in [0.25, 0.3) is 0 Å². The molecule has 1 heterocycles. The molecule has 1 aliphatic rings. The highest BCUT2D eigenvalue weighted by molar-refractivity contribution is 7.99. The third kappa shape index (κ3) is 3.48. The van der Waals surface area contributed by atoms with Crippen LogP contribution in [0.5, 0.6) is 0 Å². The quantitative estimate of drug-likeness (QED) is 0.829. The van der Waals surface area contributed by atoms with Gasteiger partial charge in [-0.1, -0.05) is 18.2 Å². The Hall–Kier alpha value is -1.00. The minimum absolute atomic E-state index is 0.170. The lowest BCUT2D eigenvalue weighted by molar-refractivity contribution is -0.142. The van der Waals surface area contributed by atoms with Gasteiger partial charge in [-0.3, -0.25) is 4.79 Å². The number of esters is 1. The molecular formula is C13H17NO2S. The molecule has 2 rings (SSSR count). The Kier molecular flexibility index (Phi) is 4.45. The second kappa shape index (κ2) is 6.07. The van der Waals surface area contributed by atoms with E-state index in [0.29, 0.717) is 19.2 Å². The molecule has 1 N–H and O–H groups in total. The van der Waals surface area contributed by atoms with E-state index in [0.717, 1.165) is 12.2 Å². The molecule has 0 aromatic heterocycles. The van der Waals surface area contributed by atoms with Crippen molar-refractivity contribution >= 4 is 17.7 Å². The number of carbonyl (C=O) groups excluding carboxylic acids is 1. The number of nitrogens with one attached hydrogen (secondary N) is 1. The fourth-order valence-corrected chi connectivity index (χ4v) is 3.03. The smallest absolute Gasteiger partial charge is 0.319 e. The van der Waals surface area contributed by atoms with Crippen molar-refractivity contribution in [2.75, 3.05) is 18.9 Å². The Labute approximate surface area is 106 Å². The first-order chi connectivity index (χ1) is 8.29. The predicted molar refractivity (Wildman–Crippen MR) is 69.3 cm³/mol. The molecule has 0 spiro atoms. The first-order valence-electron chi connectivity index (χ1n) is 5.89. The normalized spacial score (nSPS) is 18.5. The lowest BCUT2D eigenvalue weighted by Gasteiger charge is -2.24. The number of carbonyl (C=O) groups is 1. The van der Waals surface area contributed by atoms with E-state index in [1.165, 1.54) is 10.5 Å². The summed E-state index contributed by atoms with van der Waals surface area (Å²) < 4.78 is 4.89. The molecule has 0 fully saturated rings. The molecule has 0 amide bonds. The van der Waals surface area contributed by atoms with Crippen LogP contribution in [0.1, 0.15) is 12.5 Å². The summed E-state index contributed by atoms with van der Waals surface area (Å²) in [6.07, 6.45) is 0.989. The fraction of sp³-hybridized carbons (Fsp3) is 0.462. The number of benzene rings is 1. The molecule has 4 heteroatoms. The second-order valence-corrected chi connectivity index (χ2v) is 5.07. The summed E-state index contributed by atoms with van der Waals surface area (Å²) in [5, 5.41) is 3.25. The van der Waals surface area contributed by atoms with Gasteiger partial charge in [-0.2, -0.15) is 0 Å². The molecule has 1 aliphatic heterocycles. The van der Waals surface area contributed by atoms with Gasteiger partial charge in [-0.05, 0) is 25.0 Å². The lowest BCUT2D eigenvalue weighted by Crippen LogP contribution is -2.39. The second-order valence-electron chi connectivity index (χ2n) is 4.01. The van der Waals surface area contributed by atoms with Gasteiger partial charge in [0.2, 0.25) is 0 Å². The number of rotatable bonds is 4. The van der Waals surface area contributed by atoms with E-state index in [-0.39, 0.29) is 5.97 Å². The molecule has 0 aliphatic carbocycles. The zero-order chi connectivity index (χ0) is 12.1. The van der Waals surface area contributed by atoms with E-state index >= 15 is 0 Å². The zero-order valence-corrected chi connectivity index (χ0v) is 10.8. The number of hydrogen-bond acceptors (Lipinski definition) is 4. The minimum atomic E-state index is -0.170. The fourth-order valence-electron chi connectivity index (χ4n) is 1.90. The molecule has 0 saturated heterocycles. The number of ether oxygens (including phenoxy) is 1. The highest BCUT2D eigenvalue weighted by Gasteiger charge is 2.18. The van der Waals surface area contributed by atoms with Crippen LogP contribution in [0, 0.1) is 0 Å². The molecule has 1 aromatic carbocycles. The minimum Gasteiger partial charge on any atom is -0.465 e. The van der Waals surface area contributed by atoms with Gasteiger partial charge in [0, 0.05) is 16.7 Å². The summed E-state index contributed by atoms with van der Waals surface area (Å²) in [6, 6.07) is 8.80. The van der Waals surface area contributed by atoms with Crippen molar-refractivity contribution in [1.82, 2.24) is 5.32 Å². The van der Waals surface area contributed by atoms with Gasteiger partial charge in [-0.25, -0.2) is 0 Å². The maximum atomic E-state index is 11.2. The molecule has 1 aromatic rings. The largest absolute Gasteiger partial charge is 0.465 e. The van der Waals surface area contributed by atoms with Gasteiger partial charge >= 0.3 is 5.97 Å². The van der Waals surface area contributed by atoms with Gasteiger partial charge < -0.3 is 10.1 Å². The van der Waals surface area contributed by atoms with Gasteiger partial charge in [0.05, 0.1) is 13.2 Å². The van der Waals surface area contributed by atoms with Crippen molar-refractivity contribution in [2.45, 2.75) is 24.3 Å². The van der Waals surface area contributed by atoms with Crippen LogP contribution in [0.15, 0.2) is 29.2 Å². The monoisotopic (exact) mass is 251 g/mol. The summed E-state index contributed by atoms with van der Waals surface area (Å²) in [7, 11) is 0. The van der Waals surface area contributed by atoms with Gasteiger partial charge in [0.1, 0.15) is 0 Å². The van der Waals surface area contributed by atoms with E-state index < -0.39 is 0 Å². The van der Waals surface area contributed by atoms with Gasteiger partial charge in [0.25, 0.3) is 0 Å². The topological polar surface area (TPSA) is 38.3 Å². The molecule has 92 valence electrons. The Morgan fingerprint density at radius 2 is 2.35 bits per heavy atom. The summed E-state index contributed by atoms with van der Waals surface area (Å²) in [6.45, 7) is 2.58. The zero-order valence-electron chi connectivity index (χ0n) is 9.94. The van der Waals surface area contributed by atoms with Gasteiger partial charge in [0.15, 0.2) is 0 Å². The van der Waals surface area contributed by atoms with Crippen molar-refractivity contribution in [2.24, 2.45) is 0 Å². The molecule has 1 atom stereocenters. The molecule has 0 radical (unpaired) electrons. The third-order valence-corrected chi connectivity index (χ3v) is 4.00. The maximum Gasteiger partial charge on any atom is 0.319 e. The molecular weight excluding hydrogens is 234 g/mol. The molecule has 17 heavy (non-hydrogen) atoms. The van der Waals surface area contributed by atoms with Crippen LogP contribution < -0.4 is 5.32 Å². The van der Waals surface area contributed by atoms with Crippen LogP contribution in [-0.4, -0.2) is 30.9 Å². The van der Waals surface area contributed by atoms with Crippen LogP contribution in [-0.2, 0) is 16.0 Å². The Bertz CT molecular complexity index is 395. The Morgan fingerprint density at radius 3 is 3.18 bits per heavy atom. The van der Waals surface area contributed by atoms with Crippen molar-refractivity contribution < 1.29 is 9.53 Å². The van der Waals surface area contributed by atoms with Crippen LogP contribution in [0.3, 0.4) is 0 Å². The van der Waals surface area contributed by atoms with Crippen molar-refractivity contribution in [3.05, 3.63) is 29.8 Å². The third-order valence-electron chi connectivity index (χ3n) is 2.72. The summed E-state index contributed by atoms with van der Waals surface area (Å²) in [4.78, 5) is 12.6. The number of fused-ring (bicyclic) bond motifs is 1. The van der Waals surface area contributed by atoms with Gasteiger partial charge in [-0.15, -0.1) is 11.8 Å². The highest BCUT2D eigenvalue weighted by atomic mass is 32.2. The van der Waals surface area contributed by atoms with E-state index in [4.69, 9.17) is 4.74 Å². The average Bonchev–Trinajstić information content (AvgIpc) is 2.36. The van der Waals surface area contributed by atoms with Crippen LogP contribution >= 0.6 is 11.8 Å². The summed E-state index contributed by atoms with van der Waals surface area (Å²) in [5.74, 6) is 0.840. The molecule has 3 nitrogen and oxygen atoms in total. The number of thioether (sulfide) groups is 1. The first-order valence-corrected chi connectivity index (χ1v) is 6.88. The Balaban J connectivity index is 1.84. The average molecular weight is 251 g/mol. The van der Waals surface area contributed by atoms with Crippen molar-refractivity contribution in [3.8, 4) is 0 Å².